The van der Waals surface area contributed by atoms with Gasteiger partial charge in [0, 0.05) is 61.8 Å². The Morgan fingerprint density at radius 3 is 2.66 bits per heavy atom. The van der Waals surface area contributed by atoms with Crippen molar-refractivity contribution in [2.24, 2.45) is 0 Å². The number of hydrogen-bond donors (Lipinski definition) is 0. The fourth-order valence-electron chi connectivity index (χ4n) is 6.38. The third-order valence-electron chi connectivity index (χ3n) is 8.67. The second kappa shape index (κ2) is 12.8. The first-order chi connectivity index (χ1) is 22.4. The van der Waals surface area contributed by atoms with Crippen LogP contribution in [0.5, 0.6) is 6.01 Å². The fourth-order valence-corrected chi connectivity index (χ4v) is 6.38. The molecule has 47 heavy (non-hydrogen) atoms. The van der Waals surface area contributed by atoms with Gasteiger partial charge in [-0.3, -0.25) is 14.9 Å². The molecule has 5 heterocycles. The Balaban J connectivity index is 1.42. The number of benzene rings is 1. The van der Waals surface area contributed by atoms with Gasteiger partial charge in [-0.2, -0.15) is 15.2 Å². The molecule has 0 saturated carbocycles. The number of likely N-dealkylation sites (tertiary alicyclic amines) is 1. The second-order valence-electron chi connectivity index (χ2n) is 13.2. The van der Waals surface area contributed by atoms with E-state index in [9.17, 15) is 14.4 Å². The standard InChI is InChI=1S/C34H38F2N8O3/c1-20-7-6-8-21-14-38-15-25(27(20)21)29-28(36)30-26(16-39-29)31(41-32(40-30)46-19-24-13-22(35)17-42(24)5)43-11-12-44(23(18-43)9-10-37)33(45)47-34(2,3)4/h6-8,14-16,22-24H,9,11-13,17-19H2,1-5H3/t22-,23+,24+/m1/s1. The second-order valence-corrected chi connectivity index (χ2v) is 13.2. The average Bonchev–Trinajstić information content (AvgIpc) is 3.35. The van der Waals surface area contributed by atoms with Crippen LogP contribution >= 0.6 is 0 Å². The van der Waals surface area contributed by atoms with Gasteiger partial charge in [-0.25, -0.2) is 13.6 Å². The number of nitriles is 1. The molecule has 2 aliphatic rings. The minimum atomic E-state index is -0.955. The van der Waals surface area contributed by atoms with Gasteiger partial charge in [0.05, 0.1) is 23.9 Å². The molecule has 4 aromatic rings. The van der Waals surface area contributed by atoms with Crippen molar-refractivity contribution in [3.63, 3.8) is 0 Å². The number of carbonyl (C=O) groups excluding carboxylic acids is 1. The summed E-state index contributed by atoms with van der Waals surface area (Å²) >= 11 is 0. The average molecular weight is 645 g/mol. The number of anilines is 1. The summed E-state index contributed by atoms with van der Waals surface area (Å²) in [5.74, 6) is -0.290. The van der Waals surface area contributed by atoms with Gasteiger partial charge in [-0.05, 0) is 52.1 Å². The molecule has 1 aromatic carbocycles. The van der Waals surface area contributed by atoms with Crippen molar-refractivity contribution in [3.05, 3.63) is 48.2 Å². The van der Waals surface area contributed by atoms with Crippen LogP contribution in [0.1, 0.15) is 39.2 Å². The number of amides is 1. The number of ether oxygens (including phenoxy) is 2. The SMILES string of the molecule is Cc1cccc2cncc(-c3ncc4c(N5CCN(C(=O)OC(C)(C)C)[C@@H](CC#N)C5)nc(OC[C@@H]5C[C@@H](F)CN5C)nc4c3F)c12. The van der Waals surface area contributed by atoms with E-state index in [1.54, 1.807) is 44.3 Å². The molecular weight excluding hydrogens is 606 g/mol. The first kappa shape index (κ1) is 32.2. The van der Waals surface area contributed by atoms with Crippen LogP contribution in [0, 0.1) is 24.1 Å². The van der Waals surface area contributed by atoms with Crippen molar-refractivity contribution in [1.82, 2.24) is 29.7 Å². The van der Waals surface area contributed by atoms with Crippen LogP contribution in [-0.4, -0.2) is 99.5 Å². The highest BCUT2D eigenvalue weighted by Gasteiger charge is 2.35. The van der Waals surface area contributed by atoms with Crippen LogP contribution in [0.25, 0.3) is 32.9 Å². The maximum absolute atomic E-state index is 16.7. The molecule has 0 N–H and O–H groups in total. The molecule has 246 valence electrons. The molecule has 0 bridgehead atoms. The summed E-state index contributed by atoms with van der Waals surface area (Å²) in [6.45, 7) is 8.57. The van der Waals surface area contributed by atoms with Gasteiger partial charge < -0.3 is 19.3 Å². The van der Waals surface area contributed by atoms with Gasteiger partial charge >= 0.3 is 12.1 Å². The Morgan fingerprint density at radius 2 is 1.94 bits per heavy atom. The number of aromatic nitrogens is 4. The minimum absolute atomic E-state index is 0.00939. The van der Waals surface area contributed by atoms with Gasteiger partial charge in [-0.15, -0.1) is 0 Å². The summed E-state index contributed by atoms with van der Waals surface area (Å²) in [6.07, 6.45) is 3.79. The highest BCUT2D eigenvalue weighted by molar-refractivity contribution is 6.00. The number of aryl methyl sites for hydroxylation is 1. The zero-order valence-corrected chi connectivity index (χ0v) is 27.2. The molecule has 3 atom stereocenters. The molecule has 0 spiro atoms. The van der Waals surface area contributed by atoms with Crippen LogP contribution in [0.15, 0.2) is 36.8 Å². The number of hydrogen-bond acceptors (Lipinski definition) is 10. The van der Waals surface area contributed by atoms with E-state index >= 15 is 4.39 Å². The topological polar surface area (TPSA) is 121 Å². The molecule has 1 amide bonds. The maximum atomic E-state index is 16.7. The van der Waals surface area contributed by atoms with Crippen LogP contribution in [0.3, 0.4) is 0 Å². The molecule has 2 saturated heterocycles. The number of pyridine rings is 2. The van der Waals surface area contributed by atoms with Crippen LogP contribution < -0.4 is 9.64 Å². The van der Waals surface area contributed by atoms with Crippen LogP contribution in [0.4, 0.5) is 19.4 Å². The molecular formula is C34H38F2N8O3. The van der Waals surface area contributed by atoms with E-state index < -0.39 is 29.7 Å². The van der Waals surface area contributed by atoms with E-state index in [-0.39, 0.29) is 49.4 Å². The smallest absolute Gasteiger partial charge is 0.410 e. The molecule has 0 radical (unpaired) electrons. The number of rotatable bonds is 6. The van der Waals surface area contributed by atoms with Crippen LogP contribution in [0.2, 0.25) is 0 Å². The highest BCUT2D eigenvalue weighted by atomic mass is 19.1. The van der Waals surface area contributed by atoms with Gasteiger partial charge in [0.25, 0.3) is 0 Å². The maximum Gasteiger partial charge on any atom is 0.410 e. The molecule has 3 aromatic heterocycles. The van der Waals surface area contributed by atoms with Crippen molar-refractivity contribution in [3.8, 4) is 23.3 Å². The van der Waals surface area contributed by atoms with E-state index in [0.29, 0.717) is 36.3 Å². The lowest BCUT2D eigenvalue weighted by Crippen LogP contribution is -2.56. The van der Waals surface area contributed by atoms with E-state index in [4.69, 9.17) is 14.5 Å². The zero-order valence-electron chi connectivity index (χ0n) is 27.2. The predicted octanol–water partition coefficient (Wildman–Crippen LogP) is 5.45. The number of halogens is 2. The number of likely N-dealkylation sites (N-methyl/N-ethyl adjacent to an activating group) is 1. The van der Waals surface area contributed by atoms with Crippen molar-refractivity contribution in [2.75, 3.05) is 44.7 Å². The number of fused-ring (bicyclic) bond motifs is 2. The van der Waals surface area contributed by atoms with E-state index in [2.05, 4.69) is 21.0 Å². The molecule has 2 aliphatic heterocycles. The van der Waals surface area contributed by atoms with Crippen molar-refractivity contribution in [1.29, 1.82) is 5.26 Å². The summed E-state index contributed by atoms with van der Waals surface area (Å²) in [4.78, 5) is 36.5. The van der Waals surface area contributed by atoms with Crippen molar-refractivity contribution < 1.29 is 23.0 Å². The Morgan fingerprint density at radius 1 is 1.13 bits per heavy atom. The summed E-state index contributed by atoms with van der Waals surface area (Å²) in [5, 5.41) is 11.7. The van der Waals surface area contributed by atoms with Gasteiger partial charge in [0.1, 0.15) is 35.4 Å². The fraction of sp³-hybridized carbons (Fsp3) is 0.471. The summed E-state index contributed by atoms with van der Waals surface area (Å²) in [6, 6.07) is 7.21. The van der Waals surface area contributed by atoms with Crippen LogP contribution in [-0.2, 0) is 4.74 Å². The Kier molecular flexibility index (Phi) is 8.80. The Bertz CT molecular complexity index is 1850. The van der Waals surface area contributed by atoms with E-state index in [0.717, 1.165) is 16.3 Å². The predicted molar refractivity (Wildman–Crippen MR) is 173 cm³/mol. The molecule has 2 fully saturated rings. The molecule has 0 unspecified atom stereocenters. The minimum Gasteiger partial charge on any atom is -0.462 e. The highest BCUT2D eigenvalue weighted by Crippen LogP contribution is 2.36. The Hall–Kier alpha value is -4.70. The lowest BCUT2D eigenvalue weighted by Gasteiger charge is -2.41. The van der Waals surface area contributed by atoms with E-state index in [1.165, 1.54) is 0 Å². The van der Waals surface area contributed by atoms with Crippen molar-refractivity contribution in [2.45, 2.75) is 64.4 Å². The lowest BCUT2D eigenvalue weighted by molar-refractivity contribution is 0.0145. The normalized spacial score (nSPS) is 20.5. The lowest BCUT2D eigenvalue weighted by atomic mass is 10.00. The third kappa shape index (κ3) is 6.60. The molecule has 13 heteroatoms. The zero-order chi connectivity index (χ0) is 33.5. The van der Waals surface area contributed by atoms with Gasteiger partial charge in [0.2, 0.25) is 0 Å². The Labute approximate surface area is 272 Å². The molecule has 6 rings (SSSR count). The largest absolute Gasteiger partial charge is 0.462 e. The number of alkyl halides is 1. The van der Waals surface area contributed by atoms with E-state index in [1.807, 2.05) is 42.0 Å². The monoisotopic (exact) mass is 644 g/mol. The number of carbonyl (C=O) groups is 1. The van der Waals surface area contributed by atoms with Gasteiger partial charge in [-0.1, -0.05) is 18.2 Å². The summed E-state index contributed by atoms with van der Waals surface area (Å²) in [7, 11) is 1.83. The summed E-state index contributed by atoms with van der Waals surface area (Å²) < 4.78 is 42.4. The summed E-state index contributed by atoms with van der Waals surface area (Å²) in [5.41, 5.74) is 0.884. The molecule has 0 aliphatic carbocycles. The first-order valence-corrected chi connectivity index (χ1v) is 15.7. The first-order valence-electron chi connectivity index (χ1n) is 15.7. The van der Waals surface area contributed by atoms with Gasteiger partial charge in [0.15, 0.2) is 5.82 Å². The quantitative estimate of drug-likeness (QED) is 0.268. The number of piperazine rings is 1. The third-order valence-corrected chi connectivity index (χ3v) is 8.67. The van der Waals surface area contributed by atoms with Crippen molar-refractivity contribution >= 4 is 33.6 Å². The number of nitrogens with zero attached hydrogens (tertiary/aromatic N) is 8. The molecule has 11 nitrogen and oxygen atoms in total.